The molecule has 7 rings (SSSR count). The lowest BCUT2D eigenvalue weighted by Gasteiger charge is -2.25. The van der Waals surface area contributed by atoms with Crippen molar-refractivity contribution in [1.29, 1.82) is 0 Å². The van der Waals surface area contributed by atoms with Crippen molar-refractivity contribution in [3.8, 4) is 22.3 Å². The SMILES string of the molecule is C1=Cc2c(c(-c3cccc4ccccc34)c3ccccc3c2-c2cccc3ccccc23)CC1. The molecule has 0 heteroatoms. The average Bonchev–Trinajstić information content (AvgIpc) is 2.91. The number of fused-ring (bicyclic) bond motifs is 4. The summed E-state index contributed by atoms with van der Waals surface area (Å²) in [6.45, 7) is 0. The average molecular weight is 433 g/mol. The van der Waals surface area contributed by atoms with Gasteiger partial charge in [-0.1, -0.05) is 121 Å². The second-order valence-corrected chi connectivity index (χ2v) is 9.18. The second kappa shape index (κ2) is 7.71. The first-order chi connectivity index (χ1) is 16.9. The van der Waals surface area contributed by atoms with Crippen LogP contribution in [0.5, 0.6) is 0 Å². The summed E-state index contributed by atoms with van der Waals surface area (Å²) in [4.78, 5) is 0. The Morgan fingerprint density at radius 3 is 1.59 bits per heavy atom. The molecule has 0 saturated heterocycles. The largest absolute Gasteiger partial charge is 0.0836 e. The maximum Gasteiger partial charge on any atom is -0.00235 e. The van der Waals surface area contributed by atoms with E-state index in [2.05, 4.69) is 121 Å². The van der Waals surface area contributed by atoms with Crippen molar-refractivity contribution in [2.45, 2.75) is 12.8 Å². The van der Waals surface area contributed by atoms with Gasteiger partial charge in [-0.2, -0.15) is 0 Å². The van der Waals surface area contributed by atoms with Crippen LogP contribution in [0.4, 0.5) is 0 Å². The first kappa shape index (κ1) is 19.3. The first-order valence-corrected chi connectivity index (χ1v) is 12.1. The van der Waals surface area contributed by atoms with E-state index < -0.39 is 0 Å². The van der Waals surface area contributed by atoms with Gasteiger partial charge in [-0.25, -0.2) is 0 Å². The minimum atomic E-state index is 1.06. The van der Waals surface area contributed by atoms with Crippen LogP contribution in [0.1, 0.15) is 17.5 Å². The summed E-state index contributed by atoms with van der Waals surface area (Å²) >= 11 is 0. The predicted molar refractivity (Wildman–Crippen MR) is 147 cm³/mol. The van der Waals surface area contributed by atoms with Crippen LogP contribution in [-0.4, -0.2) is 0 Å². The highest BCUT2D eigenvalue weighted by Crippen LogP contribution is 2.47. The Labute approximate surface area is 199 Å². The topological polar surface area (TPSA) is 0 Å². The van der Waals surface area contributed by atoms with Crippen molar-refractivity contribution in [2.75, 3.05) is 0 Å². The molecule has 1 aliphatic rings. The van der Waals surface area contributed by atoms with E-state index in [1.165, 1.54) is 65.7 Å². The standard InChI is InChI=1S/C34H24/c1-3-15-25-23(11-1)13-9-21-27(25)33-29-17-5-7-19-31(29)34(32-20-8-6-18-30(32)33)28-22-10-14-24-12-2-4-16-26(24)28/h1-7,9-19,21-22H,8,20H2. The minimum Gasteiger partial charge on any atom is -0.0836 e. The summed E-state index contributed by atoms with van der Waals surface area (Å²) < 4.78 is 0. The fraction of sp³-hybridized carbons (Fsp3) is 0.0588. The van der Waals surface area contributed by atoms with Crippen LogP contribution in [-0.2, 0) is 6.42 Å². The predicted octanol–water partition coefficient (Wildman–Crippen LogP) is 9.44. The van der Waals surface area contributed by atoms with Gasteiger partial charge in [0.15, 0.2) is 0 Å². The third kappa shape index (κ3) is 2.85. The second-order valence-electron chi connectivity index (χ2n) is 9.18. The first-order valence-electron chi connectivity index (χ1n) is 12.1. The van der Waals surface area contributed by atoms with Crippen LogP contribution in [0.3, 0.4) is 0 Å². The van der Waals surface area contributed by atoms with E-state index >= 15 is 0 Å². The van der Waals surface area contributed by atoms with Gasteiger partial charge in [0.2, 0.25) is 0 Å². The highest BCUT2D eigenvalue weighted by molar-refractivity contribution is 6.16. The van der Waals surface area contributed by atoms with Gasteiger partial charge in [0.25, 0.3) is 0 Å². The van der Waals surface area contributed by atoms with E-state index in [1.54, 1.807) is 0 Å². The summed E-state index contributed by atoms with van der Waals surface area (Å²) in [7, 11) is 0. The summed E-state index contributed by atoms with van der Waals surface area (Å²) in [6, 6.07) is 40.0. The van der Waals surface area contributed by atoms with Crippen LogP contribution >= 0.6 is 0 Å². The van der Waals surface area contributed by atoms with Crippen molar-refractivity contribution in [1.82, 2.24) is 0 Å². The molecular weight excluding hydrogens is 408 g/mol. The lowest BCUT2D eigenvalue weighted by atomic mass is 9.79. The van der Waals surface area contributed by atoms with Crippen molar-refractivity contribution in [3.63, 3.8) is 0 Å². The molecule has 160 valence electrons. The van der Waals surface area contributed by atoms with Gasteiger partial charge in [-0.3, -0.25) is 0 Å². The van der Waals surface area contributed by atoms with Gasteiger partial charge in [0.05, 0.1) is 0 Å². The molecule has 6 aromatic rings. The van der Waals surface area contributed by atoms with E-state index in [4.69, 9.17) is 0 Å². The van der Waals surface area contributed by atoms with E-state index in [9.17, 15) is 0 Å². The molecule has 0 radical (unpaired) electrons. The molecule has 0 aliphatic heterocycles. The Hall–Kier alpha value is -4.16. The molecule has 0 heterocycles. The fourth-order valence-electron chi connectivity index (χ4n) is 5.87. The molecule has 0 N–H and O–H groups in total. The molecule has 0 amide bonds. The molecular formula is C34H24. The van der Waals surface area contributed by atoms with Gasteiger partial charge in [-0.05, 0) is 78.5 Å². The van der Waals surface area contributed by atoms with Gasteiger partial charge in [0, 0.05) is 0 Å². The summed E-state index contributed by atoms with van der Waals surface area (Å²) in [5.74, 6) is 0. The van der Waals surface area contributed by atoms with Gasteiger partial charge >= 0.3 is 0 Å². The molecule has 34 heavy (non-hydrogen) atoms. The maximum atomic E-state index is 2.37. The van der Waals surface area contributed by atoms with Gasteiger partial charge in [-0.15, -0.1) is 0 Å². The van der Waals surface area contributed by atoms with Gasteiger partial charge in [0.1, 0.15) is 0 Å². The highest BCUT2D eigenvalue weighted by Gasteiger charge is 2.23. The molecule has 0 spiro atoms. The zero-order valence-corrected chi connectivity index (χ0v) is 19.0. The lowest BCUT2D eigenvalue weighted by molar-refractivity contribution is 0.992. The van der Waals surface area contributed by atoms with E-state index in [0.717, 1.165) is 12.8 Å². The molecule has 0 atom stereocenters. The lowest BCUT2D eigenvalue weighted by Crippen LogP contribution is -2.03. The normalized spacial score (nSPS) is 12.9. The fourth-order valence-corrected chi connectivity index (χ4v) is 5.87. The zero-order chi connectivity index (χ0) is 22.5. The summed E-state index contributed by atoms with van der Waals surface area (Å²) in [5, 5.41) is 7.89. The summed E-state index contributed by atoms with van der Waals surface area (Å²) in [5.41, 5.74) is 8.27. The van der Waals surface area contributed by atoms with Crippen LogP contribution < -0.4 is 0 Å². The Balaban J connectivity index is 1.67. The van der Waals surface area contributed by atoms with Crippen LogP contribution in [0.2, 0.25) is 0 Å². The third-order valence-electron chi connectivity index (χ3n) is 7.33. The molecule has 0 fully saturated rings. The Bertz CT molecular complexity index is 1740. The smallest absolute Gasteiger partial charge is 0.00235 e. The Morgan fingerprint density at radius 2 is 0.941 bits per heavy atom. The highest BCUT2D eigenvalue weighted by atomic mass is 14.3. The molecule has 0 aromatic heterocycles. The monoisotopic (exact) mass is 432 g/mol. The molecule has 6 aromatic carbocycles. The molecule has 0 bridgehead atoms. The third-order valence-corrected chi connectivity index (χ3v) is 7.33. The van der Waals surface area contributed by atoms with Crippen LogP contribution in [0, 0.1) is 0 Å². The molecule has 0 unspecified atom stereocenters. The van der Waals surface area contributed by atoms with E-state index in [0.29, 0.717) is 0 Å². The quantitative estimate of drug-likeness (QED) is 0.256. The molecule has 1 aliphatic carbocycles. The van der Waals surface area contributed by atoms with Crippen molar-refractivity contribution in [2.24, 2.45) is 0 Å². The molecule has 0 saturated carbocycles. The van der Waals surface area contributed by atoms with Crippen molar-refractivity contribution >= 4 is 38.4 Å². The van der Waals surface area contributed by atoms with Crippen molar-refractivity contribution < 1.29 is 0 Å². The number of allylic oxidation sites excluding steroid dienone is 1. The number of benzene rings is 6. The Kier molecular flexibility index (Phi) is 4.38. The number of rotatable bonds is 2. The van der Waals surface area contributed by atoms with Crippen LogP contribution in [0.15, 0.2) is 115 Å². The van der Waals surface area contributed by atoms with Gasteiger partial charge < -0.3 is 0 Å². The Morgan fingerprint density at radius 1 is 0.441 bits per heavy atom. The van der Waals surface area contributed by atoms with Crippen molar-refractivity contribution in [3.05, 3.63) is 126 Å². The number of hydrogen-bond donors (Lipinski definition) is 0. The minimum absolute atomic E-state index is 1.06. The summed E-state index contributed by atoms with van der Waals surface area (Å²) in [6.07, 6.45) is 6.86. The zero-order valence-electron chi connectivity index (χ0n) is 19.0. The molecule has 0 nitrogen and oxygen atoms in total. The van der Waals surface area contributed by atoms with E-state index in [1.807, 2.05) is 0 Å². The van der Waals surface area contributed by atoms with E-state index in [-0.39, 0.29) is 0 Å². The maximum absolute atomic E-state index is 2.37. The number of hydrogen-bond acceptors (Lipinski definition) is 0. The van der Waals surface area contributed by atoms with Crippen LogP contribution in [0.25, 0.3) is 60.6 Å².